The Morgan fingerprint density at radius 1 is 1.08 bits per heavy atom. The molecule has 0 spiro atoms. The number of nitrogens with one attached hydrogen (secondary N) is 2. The van der Waals surface area contributed by atoms with Gasteiger partial charge in [0.2, 0.25) is 14.9 Å². The van der Waals surface area contributed by atoms with Gasteiger partial charge >= 0.3 is 0 Å². The smallest absolute Gasteiger partial charge is 0.288 e. The van der Waals surface area contributed by atoms with Gasteiger partial charge in [0, 0.05) is 5.02 Å². The highest BCUT2D eigenvalue weighted by Crippen LogP contribution is 2.16. The van der Waals surface area contributed by atoms with Crippen LogP contribution in [0.15, 0.2) is 58.5 Å². The molecule has 0 saturated heterocycles. The number of hydrazine groups is 1. The van der Waals surface area contributed by atoms with Crippen molar-refractivity contribution in [3.8, 4) is 0 Å². The predicted molar refractivity (Wildman–Crippen MR) is 93.2 cm³/mol. The Hall–Kier alpha value is -2.42. The van der Waals surface area contributed by atoms with Crippen LogP contribution in [0.2, 0.25) is 5.02 Å². The van der Waals surface area contributed by atoms with Crippen molar-refractivity contribution in [3.05, 3.63) is 59.1 Å². The predicted octanol–water partition coefficient (Wildman–Crippen LogP) is 1.84. The quantitative estimate of drug-likeness (QED) is 0.252. The number of amides is 1. The lowest BCUT2D eigenvalue weighted by Gasteiger charge is -2.08. The number of benzene rings is 2. The van der Waals surface area contributed by atoms with Crippen molar-refractivity contribution >= 4 is 38.1 Å². The van der Waals surface area contributed by atoms with Crippen molar-refractivity contribution in [2.45, 2.75) is 11.8 Å². The summed E-state index contributed by atoms with van der Waals surface area (Å²) in [5.41, 5.74) is 5.64. The molecule has 0 aliphatic heterocycles. The van der Waals surface area contributed by atoms with E-state index in [0.29, 0.717) is 10.7 Å². The number of hydrogen-bond acceptors (Lipinski definition) is 6. The average Bonchev–Trinajstić information content (AvgIpc) is 2.56. The van der Waals surface area contributed by atoms with Crippen LogP contribution < -0.4 is 16.7 Å². The van der Waals surface area contributed by atoms with E-state index >= 15 is 0 Å². The highest BCUT2D eigenvalue weighted by molar-refractivity contribution is 8.08. The zero-order chi connectivity index (χ0) is 17.7. The number of carbonyl (C=O) groups is 1. The summed E-state index contributed by atoms with van der Waals surface area (Å²) in [5, 5.41) is 3.47. The van der Waals surface area contributed by atoms with Gasteiger partial charge in [0.1, 0.15) is 0 Å². The Labute approximate surface area is 144 Å². The second kappa shape index (κ2) is 7.43. The first-order chi connectivity index (χ1) is 11.3. The summed E-state index contributed by atoms with van der Waals surface area (Å²) in [6.07, 6.45) is 0. The molecule has 0 saturated carbocycles. The number of rotatable bonds is 3. The standard InChI is InChI=1S/C15H15ClN4O3S/c1-10-2-8-13(9-3-10)24(22,23)15(14(21)18-17)20-19-12-6-4-11(16)5-7-12/h2-9,19H,17H2,1H3,(H,18,21)/b20-15+. The van der Waals surface area contributed by atoms with Crippen molar-refractivity contribution in [1.29, 1.82) is 0 Å². The normalized spacial score (nSPS) is 11.9. The first-order valence-corrected chi connectivity index (χ1v) is 8.62. The first-order valence-electron chi connectivity index (χ1n) is 6.76. The number of sulfone groups is 1. The zero-order valence-corrected chi connectivity index (χ0v) is 14.2. The van der Waals surface area contributed by atoms with Crippen LogP contribution in [-0.2, 0) is 14.6 Å². The lowest BCUT2D eigenvalue weighted by atomic mass is 10.2. The summed E-state index contributed by atoms with van der Waals surface area (Å²) in [6.45, 7) is 1.82. The SMILES string of the molecule is Cc1ccc(S(=O)(=O)/C(=N/Nc2ccc(Cl)cc2)C(=O)NN)cc1. The van der Waals surface area contributed by atoms with Crippen LogP contribution in [0.3, 0.4) is 0 Å². The number of nitrogens with two attached hydrogens (primary N) is 1. The van der Waals surface area contributed by atoms with Crippen molar-refractivity contribution in [1.82, 2.24) is 5.43 Å². The molecule has 0 aliphatic carbocycles. The zero-order valence-electron chi connectivity index (χ0n) is 12.7. The number of halogens is 1. The van der Waals surface area contributed by atoms with E-state index in [1.54, 1.807) is 41.8 Å². The summed E-state index contributed by atoms with van der Waals surface area (Å²) >= 11 is 5.77. The summed E-state index contributed by atoms with van der Waals surface area (Å²) < 4.78 is 25.2. The van der Waals surface area contributed by atoms with E-state index in [-0.39, 0.29) is 4.90 Å². The Morgan fingerprint density at radius 2 is 1.67 bits per heavy atom. The van der Waals surface area contributed by atoms with Crippen molar-refractivity contribution in [3.63, 3.8) is 0 Å². The fourth-order valence-electron chi connectivity index (χ4n) is 1.76. The van der Waals surface area contributed by atoms with Crippen LogP contribution in [0, 0.1) is 6.92 Å². The Bertz CT molecular complexity index is 863. The first kappa shape index (κ1) is 17.9. The molecule has 0 unspecified atom stereocenters. The fraction of sp³-hybridized carbons (Fsp3) is 0.0667. The van der Waals surface area contributed by atoms with E-state index in [9.17, 15) is 13.2 Å². The Morgan fingerprint density at radius 3 is 2.21 bits per heavy atom. The molecule has 0 radical (unpaired) electrons. The maximum atomic E-state index is 12.6. The molecule has 2 aromatic carbocycles. The molecule has 24 heavy (non-hydrogen) atoms. The maximum absolute atomic E-state index is 12.6. The van der Waals surface area contributed by atoms with Crippen LogP contribution in [-0.4, -0.2) is 19.4 Å². The third-order valence-electron chi connectivity index (χ3n) is 3.04. The molecule has 0 fully saturated rings. The number of hydrazone groups is 1. The topological polar surface area (TPSA) is 114 Å². The van der Waals surface area contributed by atoms with Gasteiger partial charge in [0.25, 0.3) is 5.91 Å². The van der Waals surface area contributed by atoms with Gasteiger partial charge in [-0.2, -0.15) is 5.10 Å². The van der Waals surface area contributed by atoms with Gasteiger partial charge in [-0.3, -0.25) is 15.6 Å². The molecule has 0 atom stereocenters. The highest BCUT2D eigenvalue weighted by Gasteiger charge is 2.29. The molecular weight excluding hydrogens is 352 g/mol. The molecule has 126 valence electrons. The van der Waals surface area contributed by atoms with Gasteiger partial charge < -0.3 is 0 Å². The molecule has 7 nitrogen and oxygen atoms in total. The Kier molecular flexibility index (Phi) is 5.55. The molecule has 0 aromatic heterocycles. The van der Waals surface area contributed by atoms with Crippen LogP contribution in [0.1, 0.15) is 5.56 Å². The van der Waals surface area contributed by atoms with Crippen molar-refractivity contribution in [2.24, 2.45) is 10.9 Å². The number of anilines is 1. The third-order valence-corrected chi connectivity index (χ3v) is 4.97. The van der Waals surface area contributed by atoms with E-state index in [0.717, 1.165) is 5.56 Å². The molecule has 2 rings (SSSR count). The lowest BCUT2D eigenvalue weighted by molar-refractivity contribution is -0.114. The fourth-order valence-corrected chi connectivity index (χ4v) is 3.08. The molecule has 4 N–H and O–H groups in total. The van der Waals surface area contributed by atoms with E-state index in [2.05, 4.69) is 10.5 Å². The minimum absolute atomic E-state index is 0.0617. The highest BCUT2D eigenvalue weighted by atomic mass is 35.5. The molecule has 2 aromatic rings. The van der Waals surface area contributed by atoms with Crippen molar-refractivity contribution < 1.29 is 13.2 Å². The Balaban J connectivity index is 2.40. The molecule has 1 amide bonds. The van der Waals surface area contributed by atoms with Gasteiger partial charge in [-0.05, 0) is 43.3 Å². The minimum Gasteiger partial charge on any atom is -0.288 e. The molecular formula is C15H15ClN4O3S. The summed E-state index contributed by atoms with van der Waals surface area (Å²) in [4.78, 5) is 11.8. The lowest BCUT2D eigenvalue weighted by Crippen LogP contribution is -2.40. The van der Waals surface area contributed by atoms with Gasteiger partial charge in [-0.25, -0.2) is 14.3 Å². The monoisotopic (exact) mass is 366 g/mol. The molecule has 0 bridgehead atoms. The number of hydrogen-bond donors (Lipinski definition) is 3. The van der Waals surface area contributed by atoms with Gasteiger partial charge in [-0.15, -0.1) is 0 Å². The minimum atomic E-state index is -4.14. The van der Waals surface area contributed by atoms with Gasteiger partial charge in [0.05, 0.1) is 10.6 Å². The summed E-state index contributed by atoms with van der Waals surface area (Å²) in [6, 6.07) is 12.4. The maximum Gasteiger partial charge on any atom is 0.297 e. The third kappa shape index (κ3) is 4.10. The van der Waals surface area contributed by atoms with Gasteiger partial charge in [-0.1, -0.05) is 29.3 Å². The van der Waals surface area contributed by atoms with Gasteiger partial charge in [0.15, 0.2) is 0 Å². The van der Waals surface area contributed by atoms with Crippen LogP contribution in [0.5, 0.6) is 0 Å². The molecule has 9 heteroatoms. The van der Waals surface area contributed by atoms with E-state index in [4.69, 9.17) is 17.4 Å². The van der Waals surface area contributed by atoms with Crippen molar-refractivity contribution in [2.75, 3.05) is 5.43 Å². The molecule has 0 heterocycles. The average molecular weight is 367 g/mol. The van der Waals surface area contributed by atoms with Crippen LogP contribution in [0.25, 0.3) is 0 Å². The van der Waals surface area contributed by atoms with Crippen LogP contribution >= 0.6 is 11.6 Å². The summed E-state index contributed by atoms with van der Waals surface area (Å²) in [7, 11) is -4.14. The number of nitrogens with zero attached hydrogens (tertiary/aromatic N) is 1. The summed E-state index contributed by atoms with van der Waals surface area (Å²) in [5.74, 6) is 4.04. The second-order valence-corrected chi connectivity index (χ2v) is 7.13. The van der Waals surface area contributed by atoms with E-state index in [1.165, 1.54) is 12.1 Å². The van der Waals surface area contributed by atoms with E-state index < -0.39 is 20.8 Å². The van der Waals surface area contributed by atoms with E-state index in [1.807, 2.05) is 6.92 Å². The number of aryl methyl sites for hydroxylation is 1. The molecule has 0 aliphatic rings. The van der Waals surface area contributed by atoms with Crippen LogP contribution in [0.4, 0.5) is 5.69 Å². The second-order valence-electron chi connectivity index (χ2n) is 4.83. The number of carbonyl (C=O) groups excluding carboxylic acids is 1. The largest absolute Gasteiger partial charge is 0.297 e.